The molecule has 10 aromatic rings. The Morgan fingerprint density at radius 3 is 1.10 bits per heavy atom. The monoisotopic (exact) mass is 1080 g/mol. The molecule has 0 saturated heterocycles. The van der Waals surface area contributed by atoms with E-state index >= 15 is 0 Å². The molecule has 0 bridgehead atoms. The van der Waals surface area contributed by atoms with E-state index in [1.54, 1.807) is 0 Å². The number of phenolic OH excluding ortho intramolecular Hbond substituents is 2. The fraction of sp³-hybridized carbons (Fsp3) is 0.161. The van der Waals surface area contributed by atoms with Crippen LogP contribution in [0.25, 0.3) is 77.2 Å². The zero-order chi connectivity index (χ0) is 45.1. The second kappa shape index (κ2) is 20.2. The fourth-order valence-electron chi connectivity index (χ4n) is 10.9. The normalized spacial score (nSPS) is 14.6. The average Bonchev–Trinajstić information content (AvgIpc) is 3.86. The fourth-order valence-corrected chi connectivity index (χ4v) is 10.9. The molecule has 11 rings (SSSR count). The molecule has 8 aromatic carbocycles. The van der Waals surface area contributed by atoms with Gasteiger partial charge in [0.05, 0.1) is 44.6 Å². The van der Waals surface area contributed by atoms with Gasteiger partial charge < -0.3 is 42.9 Å². The molecule has 0 spiro atoms. The predicted octanol–water partition coefficient (Wildman–Crippen LogP) is 16.8. The van der Waals surface area contributed by atoms with Crippen molar-refractivity contribution in [3.63, 3.8) is 0 Å². The summed E-state index contributed by atoms with van der Waals surface area (Å²) in [5.41, 5.74) is 11.2. The van der Waals surface area contributed by atoms with E-state index in [0.717, 1.165) is 126 Å². The number of hydrogen-bond acceptors (Lipinski definition) is 2. The molecular weight excluding hydrogens is 1020 g/mol. The average molecular weight is 1080 g/mol. The van der Waals surface area contributed by atoms with Gasteiger partial charge in [0.2, 0.25) is 11.5 Å². The molecule has 6 nitrogen and oxygen atoms in total. The quantitative estimate of drug-likeness (QED) is 0.0815. The summed E-state index contributed by atoms with van der Waals surface area (Å²) < 4.78 is 10.8. The van der Waals surface area contributed by atoms with Crippen molar-refractivity contribution in [1.82, 2.24) is 9.13 Å². The van der Waals surface area contributed by atoms with E-state index < -0.39 is 0 Å². The van der Waals surface area contributed by atoms with Gasteiger partial charge in [0, 0.05) is 82.5 Å². The number of para-hydroxylation sites is 6. The van der Waals surface area contributed by atoms with Gasteiger partial charge in [-0.15, -0.1) is 0 Å². The van der Waals surface area contributed by atoms with Gasteiger partial charge in [0.15, 0.2) is 13.2 Å². The van der Waals surface area contributed by atoms with Crippen LogP contribution in [0.4, 0.5) is 0 Å². The van der Waals surface area contributed by atoms with Crippen molar-refractivity contribution in [2.24, 2.45) is 11.8 Å². The molecule has 2 unspecified atom stereocenters. The molecule has 7 heteroatoms. The molecule has 2 N–H and O–H groups in total. The third-order valence-corrected chi connectivity index (χ3v) is 14.0. The first kappa shape index (κ1) is 48.9. The van der Waals surface area contributed by atoms with E-state index in [1.165, 1.54) is 0 Å². The Balaban J connectivity index is 0.00000214. The van der Waals surface area contributed by atoms with Crippen molar-refractivity contribution >= 4 is 43.6 Å². The molecule has 0 amide bonds. The van der Waals surface area contributed by atoms with Crippen molar-refractivity contribution in [3.05, 3.63) is 210 Å². The maximum Gasteiger partial charge on any atom is 0.234 e. The Labute approximate surface area is 426 Å². The summed E-state index contributed by atoms with van der Waals surface area (Å²) in [6, 6.07) is 58.4. The molecule has 2 atom stereocenters. The van der Waals surface area contributed by atoms with Gasteiger partial charge in [-0.05, 0) is 113 Å². The molecule has 1 saturated carbocycles. The molecule has 1 aliphatic carbocycles. The molecule has 1 aliphatic rings. The maximum absolute atomic E-state index is 12.3. The number of aryl methyl sites for hydroxylation is 2. The van der Waals surface area contributed by atoms with E-state index in [-0.39, 0.29) is 52.2 Å². The summed E-state index contributed by atoms with van der Waals surface area (Å²) in [4.78, 5) is 0. The van der Waals surface area contributed by atoms with Gasteiger partial charge in [-0.3, -0.25) is 0 Å². The first-order chi connectivity index (χ1) is 32.2. The number of nitrogens with zero attached hydrogens (tertiary/aromatic N) is 2. The number of phenols is 2. The Kier molecular flexibility index (Phi) is 14.3. The van der Waals surface area contributed by atoms with Gasteiger partial charge in [-0.1, -0.05) is 110 Å². The van der Waals surface area contributed by atoms with Crippen LogP contribution in [-0.2, 0) is 34.6 Å². The summed E-state index contributed by atoms with van der Waals surface area (Å²) in [5.74, 6) is 2.88. The van der Waals surface area contributed by atoms with Gasteiger partial charge in [0.1, 0.15) is 11.5 Å². The number of benzene rings is 8. The molecule has 348 valence electrons. The Morgan fingerprint density at radius 1 is 0.449 bits per heavy atom. The minimum atomic E-state index is 0. The van der Waals surface area contributed by atoms with Crippen LogP contribution in [0.15, 0.2) is 170 Å². The van der Waals surface area contributed by atoms with Gasteiger partial charge in [0.25, 0.3) is 0 Å². The zero-order valence-electron chi connectivity index (χ0n) is 40.1. The van der Waals surface area contributed by atoms with Crippen LogP contribution in [0.2, 0.25) is 0 Å². The molecule has 1 fully saturated rings. The molecule has 2 heterocycles. The Hall–Kier alpha value is -6.57. The summed E-state index contributed by atoms with van der Waals surface area (Å²) in [6.45, 7) is 5.53. The van der Waals surface area contributed by atoms with E-state index in [4.69, 9.17) is 0 Å². The van der Waals surface area contributed by atoms with Crippen molar-refractivity contribution in [2.45, 2.75) is 39.5 Å². The van der Waals surface area contributed by atoms with Crippen LogP contribution in [0.3, 0.4) is 0 Å². The molecule has 0 aliphatic heterocycles. The third-order valence-electron chi connectivity index (χ3n) is 14.0. The zero-order valence-corrected chi connectivity index (χ0v) is 43.7. The minimum absolute atomic E-state index is 0. The molecular formula is C62H60HfN2O4-2. The first-order valence-electron chi connectivity index (χ1n) is 23.1. The summed E-state index contributed by atoms with van der Waals surface area (Å²) in [5, 5.41) is 29.2. The van der Waals surface area contributed by atoms with E-state index in [1.807, 2.05) is 24.3 Å². The Bertz CT molecular complexity index is 3120. The van der Waals surface area contributed by atoms with Crippen LogP contribution in [-0.4, -0.2) is 32.6 Å². The van der Waals surface area contributed by atoms with Crippen molar-refractivity contribution in [2.75, 3.05) is 13.2 Å². The van der Waals surface area contributed by atoms with Gasteiger partial charge in [-0.2, -0.15) is 0 Å². The van der Waals surface area contributed by atoms with Crippen LogP contribution in [0.1, 0.15) is 36.8 Å². The van der Waals surface area contributed by atoms with Crippen molar-refractivity contribution < 1.29 is 44.8 Å². The number of aromatic nitrogens is 2. The SMILES string of the molecule is [CH2-][O+](CC1CCCCC1C[O+]([CH2-])c1ccccc1-c1cc(C)cc(-n2c3ccccc3c3ccccc32)c1O)c1ccccc1-c1cc(C)cc(-n2c3ccccc3c3ccccc32)c1O.[CH3-].[CH3-].[Hf]. The minimum Gasteiger partial charge on any atom is -0.711 e. The second-order valence-electron chi connectivity index (χ2n) is 18.2. The Morgan fingerprint density at radius 2 is 0.754 bits per heavy atom. The van der Waals surface area contributed by atoms with Crippen molar-refractivity contribution in [3.8, 4) is 56.6 Å². The topological polar surface area (TPSA) is 55.7 Å². The van der Waals surface area contributed by atoms with Crippen molar-refractivity contribution in [1.29, 1.82) is 0 Å². The molecule has 69 heavy (non-hydrogen) atoms. The van der Waals surface area contributed by atoms with Gasteiger partial charge in [-0.25, -0.2) is 0 Å². The van der Waals surface area contributed by atoms with E-state index in [2.05, 4.69) is 192 Å². The van der Waals surface area contributed by atoms with Crippen LogP contribution in [0.5, 0.6) is 23.0 Å². The van der Waals surface area contributed by atoms with Crippen LogP contribution < -0.4 is 0 Å². The van der Waals surface area contributed by atoms with Crippen LogP contribution in [0, 0.1) is 54.8 Å². The first-order valence-corrected chi connectivity index (χ1v) is 23.1. The number of hydrogen-bond donors (Lipinski definition) is 2. The number of aromatic hydroxyl groups is 2. The summed E-state index contributed by atoms with van der Waals surface area (Å²) in [6.07, 6.45) is 4.44. The summed E-state index contributed by atoms with van der Waals surface area (Å²) >= 11 is 0. The van der Waals surface area contributed by atoms with E-state index in [9.17, 15) is 10.2 Å². The smallest absolute Gasteiger partial charge is 0.234 e. The standard InChI is InChI=1S/C60H54N2O4.2CH3.Hf/c1-39-33-49(59(63)55(35-39)61-51-27-13-7-21-43(51)44-22-8-14-28-52(44)61)47-25-11-17-31-57(47)65(3)37-41-19-5-6-20-42(41)38-66(4)58-32-18-12-26-48(58)50-34-40(2)36-56(60(50)64)62-53-29-15-9-23-45(53)46-24-10-16-30-54(46)62;;;/h7-18,21-36,41-42,63-64H,3-6,19-20,37-38H2,1-2H3;2*1H3;/q;2*-1;. The summed E-state index contributed by atoms with van der Waals surface area (Å²) in [7, 11) is 9.21. The maximum atomic E-state index is 12.3. The molecule has 2 aromatic heterocycles. The second-order valence-corrected chi connectivity index (χ2v) is 18.2. The largest absolute Gasteiger partial charge is 0.711 e. The molecule has 0 radical (unpaired) electrons. The van der Waals surface area contributed by atoms with Gasteiger partial charge >= 0.3 is 0 Å². The van der Waals surface area contributed by atoms with E-state index in [0.29, 0.717) is 25.0 Å². The number of fused-ring (bicyclic) bond motifs is 6. The number of rotatable bonds is 10. The van der Waals surface area contributed by atoms with Crippen LogP contribution >= 0.6 is 0 Å². The predicted molar refractivity (Wildman–Crippen MR) is 285 cm³/mol. The third kappa shape index (κ3) is 8.64.